The molecule has 0 aromatic carbocycles. The number of urea groups is 1. The number of piperidine rings is 2. The Labute approximate surface area is 162 Å². The second kappa shape index (κ2) is 8.17. The van der Waals surface area contributed by atoms with Crippen LogP contribution in [0, 0.1) is 5.92 Å². The maximum absolute atomic E-state index is 13.2. The molecule has 0 radical (unpaired) electrons. The topological polar surface area (TPSA) is 73.0 Å². The summed E-state index contributed by atoms with van der Waals surface area (Å²) in [5, 5.41) is 3.01. The summed E-state index contributed by atoms with van der Waals surface area (Å²) < 4.78 is 0. The first kappa shape index (κ1) is 20.1. The minimum atomic E-state index is -0.732. The Morgan fingerprint density at radius 2 is 1.81 bits per heavy atom. The molecule has 3 aliphatic heterocycles. The lowest BCUT2D eigenvalue weighted by molar-refractivity contribution is -0.141. The Hall–Kier alpha value is -1.63. The van der Waals surface area contributed by atoms with Crippen LogP contribution in [0.4, 0.5) is 4.79 Å². The minimum absolute atomic E-state index is 0.0385. The van der Waals surface area contributed by atoms with Crippen LogP contribution in [0.15, 0.2) is 0 Å². The highest BCUT2D eigenvalue weighted by atomic mass is 16.2. The molecule has 0 saturated carbocycles. The van der Waals surface area contributed by atoms with E-state index in [2.05, 4.69) is 17.1 Å². The van der Waals surface area contributed by atoms with Gasteiger partial charge in [-0.15, -0.1) is 0 Å². The van der Waals surface area contributed by atoms with Gasteiger partial charge in [0.2, 0.25) is 5.91 Å². The van der Waals surface area contributed by atoms with Crippen LogP contribution >= 0.6 is 0 Å². The Morgan fingerprint density at radius 3 is 2.41 bits per heavy atom. The second-order valence-corrected chi connectivity index (χ2v) is 8.22. The Kier molecular flexibility index (Phi) is 6.08. The van der Waals surface area contributed by atoms with E-state index in [1.165, 1.54) is 4.90 Å². The van der Waals surface area contributed by atoms with E-state index in [0.29, 0.717) is 19.4 Å². The summed E-state index contributed by atoms with van der Waals surface area (Å²) in [5.74, 6) is 0.129. The molecule has 0 unspecified atom stereocenters. The molecule has 4 amide bonds. The van der Waals surface area contributed by atoms with Gasteiger partial charge in [-0.25, -0.2) is 4.79 Å². The molecule has 152 valence electrons. The number of nitrogens with one attached hydrogen (secondary N) is 1. The van der Waals surface area contributed by atoms with Crippen molar-refractivity contribution >= 4 is 17.8 Å². The van der Waals surface area contributed by atoms with Crippen LogP contribution in [-0.2, 0) is 9.59 Å². The highest BCUT2D eigenvalue weighted by Crippen LogP contribution is 2.32. The number of hydrogen-bond acceptors (Lipinski definition) is 4. The van der Waals surface area contributed by atoms with Crippen LogP contribution < -0.4 is 5.32 Å². The molecule has 0 bridgehead atoms. The molecule has 0 aliphatic carbocycles. The van der Waals surface area contributed by atoms with Gasteiger partial charge in [-0.2, -0.15) is 0 Å². The Balaban J connectivity index is 1.69. The SMILES string of the molecule is CCC(CC)C(=O)N1CCC[C@@H](N2C(=O)NC3(CCN(CC)CC3)C2=O)C1. The molecular formula is C20H34N4O3. The molecule has 0 aromatic rings. The van der Waals surface area contributed by atoms with E-state index in [-0.39, 0.29) is 29.8 Å². The van der Waals surface area contributed by atoms with Gasteiger partial charge in [0, 0.05) is 32.1 Å². The standard InChI is InChI=1S/C20H34N4O3/c1-4-15(5-2)17(25)23-11-7-8-16(14-23)24-18(26)20(21-19(24)27)9-12-22(6-3)13-10-20/h15-16H,4-14H2,1-3H3,(H,21,27)/t16-/m1/s1. The van der Waals surface area contributed by atoms with Gasteiger partial charge in [0.1, 0.15) is 5.54 Å². The van der Waals surface area contributed by atoms with Gasteiger partial charge >= 0.3 is 6.03 Å². The number of amides is 4. The lowest BCUT2D eigenvalue weighted by atomic mass is 9.87. The zero-order valence-corrected chi connectivity index (χ0v) is 17.0. The van der Waals surface area contributed by atoms with Crippen LogP contribution in [-0.4, -0.2) is 76.8 Å². The first-order valence-electron chi connectivity index (χ1n) is 10.6. The molecule has 1 atom stereocenters. The van der Waals surface area contributed by atoms with Crippen molar-refractivity contribution in [2.45, 2.75) is 70.9 Å². The quantitative estimate of drug-likeness (QED) is 0.741. The molecule has 3 fully saturated rings. The highest BCUT2D eigenvalue weighted by molar-refractivity contribution is 6.07. The van der Waals surface area contributed by atoms with Crippen molar-refractivity contribution in [2.24, 2.45) is 5.92 Å². The maximum atomic E-state index is 13.2. The third kappa shape index (κ3) is 3.71. The van der Waals surface area contributed by atoms with Gasteiger partial charge in [-0.05, 0) is 45.1 Å². The summed E-state index contributed by atoms with van der Waals surface area (Å²) in [4.78, 5) is 44.3. The predicted octanol–water partition coefficient (Wildman–Crippen LogP) is 1.82. The number of likely N-dealkylation sites (tertiary alicyclic amines) is 2. The van der Waals surface area contributed by atoms with Crippen LogP contribution in [0.3, 0.4) is 0 Å². The number of hydrogen-bond donors (Lipinski definition) is 1. The van der Waals surface area contributed by atoms with Crippen molar-refractivity contribution in [3.8, 4) is 0 Å². The van der Waals surface area contributed by atoms with Gasteiger partial charge in [0.05, 0.1) is 6.04 Å². The lowest BCUT2D eigenvalue weighted by Gasteiger charge is -2.39. The Morgan fingerprint density at radius 1 is 1.15 bits per heavy atom. The molecule has 3 saturated heterocycles. The molecule has 3 heterocycles. The molecule has 27 heavy (non-hydrogen) atoms. The number of rotatable bonds is 5. The molecule has 7 nitrogen and oxygen atoms in total. The normalized spacial score (nSPS) is 26.1. The van der Waals surface area contributed by atoms with Crippen LogP contribution in [0.2, 0.25) is 0 Å². The van der Waals surface area contributed by atoms with E-state index in [0.717, 1.165) is 51.9 Å². The molecule has 7 heteroatoms. The average molecular weight is 379 g/mol. The number of nitrogens with zero attached hydrogens (tertiary/aromatic N) is 3. The molecule has 0 aromatic heterocycles. The maximum Gasteiger partial charge on any atom is 0.325 e. The van der Waals surface area contributed by atoms with E-state index in [1.54, 1.807) is 0 Å². The largest absolute Gasteiger partial charge is 0.340 e. The smallest absolute Gasteiger partial charge is 0.325 e. The van der Waals surface area contributed by atoms with Crippen LogP contribution in [0.5, 0.6) is 0 Å². The Bertz CT molecular complexity index is 582. The summed E-state index contributed by atoms with van der Waals surface area (Å²) in [5.41, 5.74) is -0.732. The zero-order valence-electron chi connectivity index (χ0n) is 17.0. The fourth-order valence-electron chi connectivity index (χ4n) is 4.82. The zero-order chi connectivity index (χ0) is 19.6. The second-order valence-electron chi connectivity index (χ2n) is 8.22. The van der Waals surface area contributed by atoms with Crippen molar-refractivity contribution in [1.29, 1.82) is 0 Å². The highest BCUT2D eigenvalue weighted by Gasteiger charge is 2.54. The summed E-state index contributed by atoms with van der Waals surface area (Å²) in [6.45, 7) is 10.0. The fourth-order valence-corrected chi connectivity index (χ4v) is 4.82. The minimum Gasteiger partial charge on any atom is -0.340 e. The van der Waals surface area contributed by atoms with Gasteiger partial charge in [0.15, 0.2) is 0 Å². The molecule has 1 spiro atoms. The van der Waals surface area contributed by atoms with Crippen molar-refractivity contribution in [1.82, 2.24) is 20.0 Å². The van der Waals surface area contributed by atoms with Gasteiger partial charge in [0.25, 0.3) is 5.91 Å². The molecule has 1 N–H and O–H groups in total. The van der Waals surface area contributed by atoms with E-state index < -0.39 is 5.54 Å². The van der Waals surface area contributed by atoms with E-state index in [9.17, 15) is 14.4 Å². The lowest BCUT2D eigenvalue weighted by Crippen LogP contribution is -2.56. The van der Waals surface area contributed by atoms with Crippen LogP contribution in [0.25, 0.3) is 0 Å². The molecule has 3 aliphatic rings. The molecule has 3 rings (SSSR count). The third-order valence-corrected chi connectivity index (χ3v) is 6.76. The van der Waals surface area contributed by atoms with Gasteiger partial charge < -0.3 is 15.1 Å². The first-order valence-corrected chi connectivity index (χ1v) is 10.6. The van der Waals surface area contributed by atoms with E-state index in [4.69, 9.17) is 0 Å². The summed E-state index contributed by atoms with van der Waals surface area (Å²) in [6.07, 6.45) is 4.62. The number of carbonyl (C=O) groups is 3. The van der Waals surface area contributed by atoms with E-state index in [1.807, 2.05) is 18.7 Å². The summed E-state index contributed by atoms with van der Waals surface area (Å²) in [6, 6.07) is -0.472. The van der Waals surface area contributed by atoms with Crippen molar-refractivity contribution in [3.05, 3.63) is 0 Å². The predicted molar refractivity (Wildman–Crippen MR) is 103 cm³/mol. The van der Waals surface area contributed by atoms with Crippen LogP contribution in [0.1, 0.15) is 59.3 Å². The third-order valence-electron chi connectivity index (χ3n) is 6.76. The van der Waals surface area contributed by atoms with Gasteiger partial charge in [-0.1, -0.05) is 20.8 Å². The summed E-state index contributed by atoms with van der Waals surface area (Å²) in [7, 11) is 0. The first-order chi connectivity index (χ1) is 13.0. The number of carbonyl (C=O) groups excluding carboxylic acids is 3. The summed E-state index contributed by atoms with van der Waals surface area (Å²) >= 11 is 0. The molecular weight excluding hydrogens is 344 g/mol. The fraction of sp³-hybridized carbons (Fsp3) is 0.850. The van der Waals surface area contributed by atoms with Crippen molar-refractivity contribution in [2.75, 3.05) is 32.7 Å². The van der Waals surface area contributed by atoms with E-state index >= 15 is 0 Å². The van der Waals surface area contributed by atoms with Crippen molar-refractivity contribution < 1.29 is 14.4 Å². The monoisotopic (exact) mass is 378 g/mol. The van der Waals surface area contributed by atoms with Gasteiger partial charge in [-0.3, -0.25) is 14.5 Å². The number of imide groups is 1. The van der Waals surface area contributed by atoms with Crippen molar-refractivity contribution in [3.63, 3.8) is 0 Å². The average Bonchev–Trinajstić information content (AvgIpc) is 2.93.